The van der Waals surface area contributed by atoms with Gasteiger partial charge in [0.1, 0.15) is 52.0 Å². The number of halogens is 1. The number of nitrogens with zero attached hydrogens (tertiary/aromatic N) is 3. The van der Waals surface area contributed by atoms with Crippen LogP contribution in [0.2, 0.25) is 0 Å². The zero-order chi connectivity index (χ0) is 43.3. The van der Waals surface area contributed by atoms with Crippen molar-refractivity contribution in [3.8, 4) is 23.0 Å². The van der Waals surface area contributed by atoms with Crippen molar-refractivity contribution in [2.75, 3.05) is 13.7 Å². The fourth-order valence-corrected chi connectivity index (χ4v) is 9.38. The number of fused-ring (bicyclic) bond motifs is 5. The lowest BCUT2D eigenvalue weighted by molar-refractivity contribution is -0.141. The minimum atomic E-state index is -3.95. The Morgan fingerprint density at radius 2 is 1.85 bits per heavy atom. The SMILES string of the molecule is COc1cccc(-c2nc(O[C@@H]3C[C@H]4C(=O)N[C@]5(C(=O)NS(=O)(=O)C6CC6)C[C@H]5/C=C\CCCCC[C@H](NC(=O)OC(C)(C)C)C(=O)N4C3)c3oc4ccc(F)cc4c3n2)c1. The van der Waals surface area contributed by atoms with Crippen molar-refractivity contribution >= 4 is 55.9 Å². The standard InChI is InChI=1S/C43H49FN6O10S/c1-42(2,3)60-41(54)45-31-14-9-7-5-6-8-12-25-22-43(25,40(53)49-61(55,56)29-16-17-29)48-37(51)32-21-28(23-50(32)39(31)52)58-38-35-34(30-20-26(44)15-18-33(30)59-35)46-36(47-38)24-11-10-13-27(19-24)57-4/h8,10-13,15,18-20,25,28-29,31-32H,5-7,9,14,16-17,21-23H2,1-4H3,(H,45,54)(H,48,51)(H,49,53)/b12-8-/t25-,28-,31+,32+,43-/m1/s1. The highest BCUT2D eigenvalue weighted by Crippen LogP contribution is 2.46. The zero-order valence-corrected chi connectivity index (χ0v) is 35.2. The number of hydrogen-bond donors (Lipinski definition) is 3. The predicted molar refractivity (Wildman–Crippen MR) is 220 cm³/mol. The normalized spacial score (nSPS) is 25.4. The fraction of sp³-hybridized carbons (Fsp3) is 0.488. The van der Waals surface area contributed by atoms with Gasteiger partial charge in [-0.15, -0.1) is 0 Å². The predicted octanol–water partition coefficient (Wildman–Crippen LogP) is 5.44. The van der Waals surface area contributed by atoms with Gasteiger partial charge in [0.15, 0.2) is 5.82 Å². The number of allylic oxidation sites excluding steroid dienone is 1. The Labute approximate surface area is 352 Å². The van der Waals surface area contributed by atoms with Gasteiger partial charge < -0.3 is 34.2 Å². The van der Waals surface area contributed by atoms with E-state index in [0.717, 1.165) is 6.42 Å². The van der Waals surface area contributed by atoms with E-state index in [-0.39, 0.29) is 48.6 Å². The van der Waals surface area contributed by atoms with Gasteiger partial charge in [-0.2, -0.15) is 4.98 Å². The van der Waals surface area contributed by atoms with Crippen LogP contribution >= 0.6 is 0 Å². The smallest absolute Gasteiger partial charge is 0.408 e. The molecule has 2 aliphatic heterocycles. The van der Waals surface area contributed by atoms with Gasteiger partial charge in [-0.1, -0.05) is 37.1 Å². The molecule has 2 aromatic carbocycles. The molecule has 2 aromatic heterocycles. The summed E-state index contributed by atoms with van der Waals surface area (Å²) in [6, 6.07) is 8.71. The summed E-state index contributed by atoms with van der Waals surface area (Å²) in [6.07, 6.45) is 5.92. The zero-order valence-electron chi connectivity index (χ0n) is 34.4. The molecule has 0 radical (unpaired) electrons. The first kappa shape index (κ1) is 41.9. The van der Waals surface area contributed by atoms with Gasteiger partial charge in [-0.3, -0.25) is 19.1 Å². The number of ether oxygens (including phenoxy) is 3. The quantitative estimate of drug-likeness (QED) is 0.190. The minimum Gasteiger partial charge on any atom is -0.497 e. The van der Waals surface area contributed by atoms with E-state index >= 15 is 0 Å². The second kappa shape index (κ2) is 16.2. The molecule has 3 N–H and O–H groups in total. The van der Waals surface area contributed by atoms with Crippen LogP contribution in [0.1, 0.15) is 78.6 Å². The number of sulfonamides is 1. The van der Waals surface area contributed by atoms with E-state index < -0.39 is 80.2 Å². The maximum Gasteiger partial charge on any atom is 0.408 e. The fourth-order valence-electron chi connectivity index (χ4n) is 8.02. The molecule has 5 atom stereocenters. The van der Waals surface area contributed by atoms with Crippen molar-refractivity contribution in [2.45, 2.75) is 113 Å². The van der Waals surface area contributed by atoms with Crippen molar-refractivity contribution in [1.82, 2.24) is 30.2 Å². The summed E-state index contributed by atoms with van der Waals surface area (Å²) in [5, 5.41) is 5.29. The number of amides is 4. The lowest BCUT2D eigenvalue weighted by atomic mass is 10.0. The molecule has 0 spiro atoms. The molecule has 0 unspecified atom stereocenters. The molecule has 4 aliphatic rings. The van der Waals surface area contributed by atoms with Crippen molar-refractivity contribution in [1.29, 1.82) is 0 Å². The second-order valence-electron chi connectivity index (χ2n) is 17.2. The van der Waals surface area contributed by atoms with Crippen LogP contribution in [-0.2, 0) is 29.1 Å². The van der Waals surface area contributed by atoms with Gasteiger partial charge in [0.25, 0.3) is 11.8 Å². The third-order valence-electron chi connectivity index (χ3n) is 11.4. The van der Waals surface area contributed by atoms with E-state index in [9.17, 15) is 32.0 Å². The Bertz CT molecular complexity index is 2530. The van der Waals surface area contributed by atoms with Crippen molar-refractivity contribution in [3.63, 3.8) is 0 Å². The van der Waals surface area contributed by atoms with E-state index in [2.05, 4.69) is 15.4 Å². The van der Waals surface area contributed by atoms with Crippen LogP contribution in [0.4, 0.5) is 9.18 Å². The second-order valence-corrected chi connectivity index (χ2v) is 19.2. The van der Waals surface area contributed by atoms with E-state index in [0.29, 0.717) is 54.4 Å². The molecule has 324 valence electrons. The average Bonchev–Trinajstić information content (AvgIpc) is 4.11. The first-order valence-electron chi connectivity index (χ1n) is 20.6. The molecule has 8 rings (SSSR count). The van der Waals surface area contributed by atoms with E-state index in [1.807, 2.05) is 12.2 Å². The highest BCUT2D eigenvalue weighted by Gasteiger charge is 2.62. The van der Waals surface area contributed by atoms with Crippen molar-refractivity contribution < 1.29 is 50.6 Å². The summed E-state index contributed by atoms with van der Waals surface area (Å²) in [4.78, 5) is 67.1. The molecule has 16 nitrogen and oxygen atoms in total. The summed E-state index contributed by atoms with van der Waals surface area (Å²) in [7, 11) is -2.43. The molecule has 0 bridgehead atoms. The molecule has 1 saturated heterocycles. The highest BCUT2D eigenvalue weighted by molar-refractivity contribution is 7.91. The van der Waals surface area contributed by atoms with Crippen LogP contribution in [0, 0.1) is 11.7 Å². The molecule has 18 heteroatoms. The van der Waals surface area contributed by atoms with E-state index in [1.165, 1.54) is 30.2 Å². The Morgan fingerprint density at radius 3 is 2.61 bits per heavy atom. The molecule has 2 saturated carbocycles. The largest absolute Gasteiger partial charge is 0.497 e. The third kappa shape index (κ3) is 8.99. The van der Waals surface area contributed by atoms with Crippen LogP contribution in [0.25, 0.3) is 33.5 Å². The Balaban J connectivity index is 1.16. The topological polar surface area (TPSA) is 208 Å². The number of benzene rings is 2. The molecule has 4 heterocycles. The van der Waals surface area contributed by atoms with Crippen LogP contribution in [0.5, 0.6) is 11.6 Å². The number of furan rings is 1. The van der Waals surface area contributed by atoms with Crippen molar-refractivity contribution in [2.24, 2.45) is 5.92 Å². The van der Waals surface area contributed by atoms with Gasteiger partial charge >= 0.3 is 6.09 Å². The number of hydrogen-bond acceptors (Lipinski definition) is 12. The maximum absolute atomic E-state index is 14.7. The lowest BCUT2D eigenvalue weighted by Gasteiger charge is -2.30. The average molecular weight is 861 g/mol. The number of rotatable bonds is 8. The summed E-state index contributed by atoms with van der Waals surface area (Å²) in [5.41, 5.74) is -1.18. The van der Waals surface area contributed by atoms with E-state index in [1.54, 1.807) is 45.0 Å². The van der Waals surface area contributed by atoms with Crippen molar-refractivity contribution in [3.05, 3.63) is 60.4 Å². The van der Waals surface area contributed by atoms with Crippen LogP contribution < -0.4 is 24.8 Å². The number of carbonyl (C=O) groups excluding carboxylic acids is 4. The number of carbonyl (C=O) groups is 4. The number of aromatic nitrogens is 2. The maximum atomic E-state index is 14.7. The lowest BCUT2D eigenvalue weighted by Crippen LogP contribution is -2.58. The van der Waals surface area contributed by atoms with Gasteiger partial charge in [0.05, 0.1) is 18.9 Å². The van der Waals surface area contributed by atoms with Gasteiger partial charge in [0.2, 0.25) is 27.4 Å². The summed E-state index contributed by atoms with van der Waals surface area (Å²) in [6.45, 7) is 4.96. The Hall–Kier alpha value is -5.78. The Morgan fingerprint density at radius 1 is 1.05 bits per heavy atom. The molecule has 61 heavy (non-hydrogen) atoms. The summed E-state index contributed by atoms with van der Waals surface area (Å²) in [5.74, 6) is -2.40. The molecular formula is C43H49FN6O10S. The number of nitrogens with one attached hydrogen (secondary N) is 3. The minimum absolute atomic E-state index is 0.0306. The van der Waals surface area contributed by atoms with E-state index in [4.69, 9.17) is 28.6 Å². The van der Waals surface area contributed by atoms with Gasteiger partial charge in [-0.05, 0) is 89.6 Å². The number of alkyl carbamates (subject to hydrolysis) is 1. The Kier molecular flexibility index (Phi) is 11.2. The third-order valence-corrected chi connectivity index (χ3v) is 13.2. The van der Waals surface area contributed by atoms with Gasteiger partial charge in [0, 0.05) is 23.3 Å². The molecule has 4 amide bonds. The molecular weight excluding hydrogens is 812 g/mol. The highest BCUT2D eigenvalue weighted by atomic mass is 32.2. The first-order chi connectivity index (χ1) is 29.0. The monoisotopic (exact) mass is 860 g/mol. The molecule has 4 aromatic rings. The van der Waals surface area contributed by atoms with Crippen LogP contribution in [-0.4, -0.2) is 95.3 Å². The summed E-state index contributed by atoms with van der Waals surface area (Å²) >= 11 is 0. The van der Waals surface area contributed by atoms with Gasteiger partial charge in [-0.25, -0.2) is 22.6 Å². The molecule has 2 aliphatic carbocycles. The first-order valence-corrected chi connectivity index (χ1v) is 22.1. The van der Waals surface area contributed by atoms with Crippen LogP contribution in [0.15, 0.2) is 59.0 Å². The van der Waals surface area contributed by atoms with Crippen LogP contribution in [0.3, 0.4) is 0 Å². The molecule has 3 fully saturated rings. The summed E-state index contributed by atoms with van der Waals surface area (Å²) < 4.78 is 66.3. The number of methoxy groups -OCH3 is 1.